The highest BCUT2D eigenvalue weighted by molar-refractivity contribution is 5.56. The highest BCUT2D eigenvalue weighted by Gasteiger charge is 2.22. The molecule has 1 aromatic heterocycles. The van der Waals surface area contributed by atoms with E-state index in [1.807, 2.05) is 6.92 Å². The van der Waals surface area contributed by atoms with E-state index in [2.05, 4.69) is 23.7 Å². The zero-order chi connectivity index (χ0) is 13.8. The summed E-state index contributed by atoms with van der Waals surface area (Å²) in [6.45, 7) is 8.46. The van der Waals surface area contributed by atoms with Crippen LogP contribution in [0.1, 0.15) is 50.9 Å². The van der Waals surface area contributed by atoms with Crippen LogP contribution < -0.4 is 10.6 Å². The third-order valence-corrected chi connectivity index (χ3v) is 4.06. The van der Waals surface area contributed by atoms with Gasteiger partial charge in [-0.05, 0) is 39.0 Å². The fourth-order valence-corrected chi connectivity index (χ4v) is 2.56. The zero-order valence-electron chi connectivity index (χ0n) is 12.4. The van der Waals surface area contributed by atoms with Gasteiger partial charge in [0.25, 0.3) is 0 Å². The molecule has 2 N–H and O–H groups in total. The van der Waals surface area contributed by atoms with Gasteiger partial charge in [0.1, 0.15) is 17.5 Å². The molecule has 1 aliphatic rings. The first-order chi connectivity index (χ1) is 9.15. The zero-order valence-corrected chi connectivity index (χ0v) is 12.4. The van der Waals surface area contributed by atoms with Crippen LogP contribution in [-0.2, 0) is 6.42 Å². The van der Waals surface area contributed by atoms with Crippen molar-refractivity contribution in [3.8, 4) is 0 Å². The van der Waals surface area contributed by atoms with E-state index in [1.165, 1.54) is 19.3 Å². The van der Waals surface area contributed by atoms with Crippen molar-refractivity contribution < 1.29 is 0 Å². The number of nitrogen functional groups attached to an aromatic ring is 1. The fourth-order valence-electron chi connectivity index (χ4n) is 2.56. The molecule has 0 unspecified atom stereocenters. The number of hydrogen-bond donors (Lipinski definition) is 1. The molecule has 106 valence electrons. The Labute approximate surface area is 116 Å². The first-order valence-corrected chi connectivity index (χ1v) is 7.53. The quantitative estimate of drug-likeness (QED) is 0.856. The highest BCUT2D eigenvalue weighted by atomic mass is 15.2. The predicted molar refractivity (Wildman–Crippen MR) is 80.4 cm³/mol. The molecule has 4 nitrogen and oxygen atoms in total. The Morgan fingerprint density at radius 2 is 2.00 bits per heavy atom. The average Bonchev–Trinajstić information content (AvgIpc) is 2.33. The Bertz CT molecular complexity index is 426. The minimum absolute atomic E-state index is 0.639. The van der Waals surface area contributed by atoms with Crippen LogP contribution in [0.15, 0.2) is 0 Å². The lowest BCUT2D eigenvalue weighted by molar-refractivity contribution is 0.318. The summed E-state index contributed by atoms with van der Waals surface area (Å²) in [7, 11) is 0. The van der Waals surface area contributed by atoms with Gasteiger partial charge in [-0.1, -0.05) is 13.3 Å². The molecule has 19 heavy (non-hydrogen) atoms. The summed E-state index contributed by atoms with van der Waals surface area (Å²) >= 11 is 0. The Morgan fingerprint density at radius 1 is 1.26 bits per heavy atom. The molecule has 1 saturated carbocycles. The molecule has 0 radical (unpaired) electrons. The van der Waals surface area contributed by atoms with Gasteiger partial charge in [0.2, 0.25) is 0 Å². The van der Waals surface area contributed by atoms with Gasteiger partial charge in [-0.2, -0.15) is 0 Å². The number of aromatic nitrogens is 2. The number of hydrogen-bond acceptors (Lipinski definition) is 4. The fraction of sp³-hybridized carbons (Fsp3) is 0.733. The Kier molecular flexibility index (Phi) is 4.61. The average molecular weight is 262 g/mol. The monoisotopic (exact) mass is 262 g/mol. The molecule has 0 aromatic carbocycles. The summed E-state index contributed by atoms with van der Waals surface area (Å²) in [5.74, 6) is 3.41. The van der Waals surface area contributed by atoms with E-state index in [-0.39, 0.29) is 0 Å². The van der Waals surface area contributed by atoms with Gasteiger partial charge in [-0.3, -0.25) is 0 Å². The summed E-state index contributed by atoms with van der Waals surface area (Å²) in [6, 6.07) is 0. The van der Waals surface area contributed by atoms with E-state index in [0.717, 1.165) is 49.1 Å². The van der Waals surface area contributed by atoms with Gasteiger partial charge in [0, 0.05) is 25.1 Å². The van der Waals surface area contributed by atoms with Crippen molar-refractivity contribution in [1.29, 1.82) is 0 Å². The maximum absolute atomic E-state index is 6.04. The Morgan fingerprint density at radius 3 is 2.53 bits per heavy atom. The third-order valence-electron chi connectivity index (χ3n) is 4.06. The normalized spacial score (nSPS) is 15.3. The van der Waals surface area contributed by atoms with Crippen molar-refractivity contribution in [1.82, 2.24) is 9.97 Å². The van der Waals surface area contributed by atoms with Crippen LogP contribution in [0.5, 0.6) is 0 Å². The first-order valence-electron chi connectivity index (χ1n) is 7.53. The molecule has 2 rings (SSSR count). The highest BCUT2D eigenvalue weighted by Crippen LogP contribution is 2.30. The van der Waals surface area contributed by atoms with Crippen LogP contribution in [0.25, 0.3) is 0 Å². The van der Waals surface area contributed by atoms with Crippen LogP contribution in [0.4, 0.5) is 11.6 Å². The van der Waals surface area contributed by atoms with Crippen molar-refractivity contribution in [3.63, 3.8) is 0 Å². The van der Waals surface area contributed by atoms with E-state index >= 15 is 0 Å². The SMILES string of the molecule is CCCc1nc(N)c(C)c(N(CC)CC2CCC2)n1. The van der Waals surface area contributed by atoms with E-state index in [4.69, 9.17) is 10.7 Å². The molecule has 0 atom stereocenters. The lowest BCUT2D eigenvalue weighted by atomic mass is 9.85. The lowest BCUT2D eigenvalue weighted by Gasteiger charge is -2.33. The largest absolute Gasteiger partial charge is 0.383 e. The molecule has 1 aliphatic carbocycles. The first kappa shape index (κ1) is 14.1. The molecular weight excluding hydrogens is 236 g/mol. The molecular formula is C15H26N4. The molecule has 0 spiro atoms. The third kappa shape index (κ3) is 3.17. The van der Waals surface area contributed by atoms with Crippen molar-refractivity contribution in [2.24, 2.45) is 5.92 Å². The second-order valence-electron chi connectivity index (χ2n) is 5.56. The van der Waals surface area contributed by atoms with Crippen LogP contribution in [0, 0.1) is 12.8 Å². The van der Waals surface area contributed by atoms with E-state index in [9.17, 15) is 0 Å². The smallest absolute Gasteiger partial charge is 0.137 e. The van der Waals surface area contributed by atoms with Crippen LogP contribution >= 0.6 is 0 Å². The van der Waals surface area contributed by atoms with Gasteiger partial charge in [-0.15, -0.1) is 0 Å². The van der Waals surface area contributed by atoms with Crippen LogP contribution in [-0.4, -0.2) is 23.1 Å². The van der Waals surface area contributed by atoms with Crippen molar-refractivity contribution in [3.05, 3.63) is 11.4 Å². The van der Waals surface area contributed by atoms with Crippen molar-refractivity contribution in [2.75, 3.05) is 23.7 Å². The topological polar surface area (TPSA) is 55.0 Å². The molecule has 1 fully saturated rings. The molecule has 1 heterocycles. The maximum Gasteiger partial charge on any atom is 0.137 e. The van der Waals surface area contributed by atoms with Crippen molar-refractivity contribution >= 4 is 11.6 Å². The van der Waals surface area contributed by atoms with Gasteiger partial charge < -0.3 is 10.6 Å². The van der Waals surface area contributed by atoms with E-state index in [1.54, 1.807) is 0 Å². The van der Waals surface area contributed by atoms with Gasteiger partial charge in [0.05, 0.1) is 0 Å². The second-order valence-corrected chi connectivity index (χ2v) is 5.56. The summed E-state index contributed by atoms with van der Waals surface area (Å²) in [5, 5.41) is 0. The molecule has 0 bridgehead atoms. The number of nitrogens with two attached hydrogens (primary N) is 1. The number of rotatable bonds is 6. The molecule has 0 amide bonds. The van der Waals surface area contributed by atoms with Gasteiger partial charge in [-0.25, -0.2) is 9.97 Å². The Hall–Kier alpha value is -1.32. The predicted octanol–water partition coefficient (Wildman–Crippen LogP) is 2.95. The van der Waals surface area contributed by atoms with Crippen molar-refractivity contribution in [2.45, 2.75) is 52.9 Å². The molecule has 0 saturated heterocycles. The number of nitrogens with zero attached hydrogens (tertiary/aromatic N) is 3. The van der Waals surface area contributed by atoms with E-state index in [0.29, 0.717) is 5.82 Å². The lowest BCUT2D eigenvalue weighted by Crippen LogP contribution is -2.34. The summed E-state index contributed by atoms with van der Waals surface area (Å²) in [6.07, 6.45) is 6.05. The van der Waals surface area contributed by atoms with Gasteiger partial charge >= 0.3 is 0 Å². The second kappa shape index (κ2) is 6.22. The minimum atomic E-state index is 0.639. The molecule has 1 aromatic rings. The summed E-state index contributed by atoms with van der Waals surface area (Å²) < 4.78 is 0. The number of aryl methyl sites for hydroxylation is 1. The van der Waals surface area contributed by atoms with Crippen LogP contribution in [0.3, 0.4) is 0 Å². The van der Waals surface area contributed by atoms with Gasteiger partial charge in [0.15, 0.2) is 0 Å². The molecule has 4 heteroatoms. The maximum atomic E-state index is 6.04. The Balaban J connectivity index is 2.23. The summed E-state index contributed by atoms with van der Waals surface area (Å²) in [5.41, 5.74) is 7.07. The van der Waals surface area contributed by atoms with Crippen LogP contribution in [0.2, 0.25) is 0 Å². The van der Waals surface area contributed by atoms with E-state index < -0.39 is 0 Å². The standard InChI is InChI=1S/C15H26N4/c1-4-7-13-17-14(16)11(3)15(18-13)19(5-2)10-12-8-6-9-12/h12H,4-10H2,1-3H3,(H2,16,17,18). The number of anilines is 2. The minimum Gasteiger partial charge on any atom is -0.383 e. The summed E-state index contributed by atoms with van der Waals surface area (Å²) in [4.78, 5) is 11.5. The molecule has 0 aliphatic heterocycles.